The molecule has 0 bridgehead atoms. The molecule has 3 aromatic heterocycles. The summed E-state index contributed by atoms with van der Waals surface area (Å²) >= 11 is 5.93. The highest BCUT2D eigenvalue weighted by Crippen LogP contribution is 2.30. The summed E-state index contributed by atoms with van der Waals surface area (Å²) in [6.07, 6.45) is 3.50. The topological polar surface area (TPSA) is 112 Å². The lowest BCUT2D eigenvalue weighted by atomic mass is 10.1. The first kappa shape index (κ1) is 23.7. The Morgan fingerprint density at radius 3 is 2.82 bits per heavy atom. The van der Waals surface area contributed by atoms with Gasteiger partial charge in [0, 0.05) is 49.8 Å². The zero-order valence-electron chi connectivity index (χ0n) is 19.1. The van der Waals surface area contributed by atoms with E-state index < -0.39 is 0 Å². The Bertz CT molecular complexity index is 1160. The molecule has 4 rings (SSSR count). The number of pyridine rings is 2. The van der Waals surface area contributed by atoms with Crippen LogP contribution >= 0.6 is 11.6 Å². The molecule has 0 saturated carbocycles. The van der Waals surface area contributed by atoms with Crippen molar-refractivity contribution in [3.63, 3.8) is 0 Å². The third kappa shape index (κ3) is 5.52. The Labute approximate surface area is 202 Å². The molecule has 0 aliphatic carbocycles. The SMILES string of the molecule is COCC(C)Oc1nc(-c2ccc(Cl)nc2)nc2c1CN(C(=O)Nc1ccnc(OC)c1)CC2. The molecule has 1 atom stereocenters. The number of rotatable bonds is 7. The standard InChI is InChI=1S/C23H25ClN6O4/c1-14(13-32-2)34-22-17-12-30(23(31)27-16-6-8-25-20(10-16)33-3)9-7-18(17)28-21(29-22)15-4-5-19(24)26-11-15/h4-6,8,10-11,14H,7,9,12-13H2,1-3H3,(H,25,27,31). The van der Waals surface area contributed by atoms with Crippen molar-refractivity contribution in [1.29, 1.82) is 0 Å². The second-order valence-corrected chi connectivity index (χ2v) is 8.11. The normalized spacial score (nSPS) is 13.7. The van der Waals surface area contributed by atoms with Crippen LogP contribution in [0, 0.1) is 0 Å². The van der Waals surface area contributed by atoms with E-state index in [-0.39, 0.29) is 12.1 Å². The number of hydrogen-bond donors (Lipinski definition) is 1. The molecule has 0 fully saturated rings. The second-order valence-electron chi connectivity index (χ2n) is 7.72. The molecular formula is C23H25ClN6O4. The van der Waals surface area contributed by atoms with E-state index in [2.05, 4.69) is 20.3 Å². The van der Waals surface area contributed by atoms with Crippen LogP contribution in [0.2, 0.25) is 5.15 Å². The highest BCUT2D eigenvalue weighted by atomic mass is 35.5. The molecule has 34 heavy (non-hydrogen) atoms. The van der Waals surface area contributed by atoms with Crippen LogP contribution in [-0.2, 0) is 17.7 Å². The highest BCUT2D eigenvalue weighted by Gasteiger charge is 2.27. The summed E-state index contributed by atoms with van der Waals surface area (Å²) < 4.78 is 16.4. The molecule has 4 heterocycles. The fourth-order valence-electron chi connectivity index (χ4n) is 3.55. The molecule has 0 spiro atoms. The van der Waals surface area contributed by atoms with Gasteiger partial charge in [0.15, 0.2) is 5.82 Å². The van der Waals surface area contributed by atoms with Gasteiger partial charge in [-0.25, -0.2) is 19.7 Å². The van der Waals surface area contributed by atoms with Crippen LogP contribution in [0.25, 0.3) is 11.4 Å². The number of aromatic nitrogens is 4. The zero-order chi connectivity index (χ0) is 24.1. The molecule has 1 N–H and O–H groups in total. The number of carbonyl (C=O) groups excluding carboxylic acids is 1. The number of hydrogen-bond acceptors (Lipinski definition) is 8. The van der Waals surface area contributed by atoms with E-state index in [0.717, 1.165) is 16.8 Å². The first-order valence-corrected chi connectivity index (χ1v) is 11.1. The summed E-state index contributed by atoms with van der Waals surface area (Å²) in [6.45, 7) is 3.08. The lowest BCUT2D eigenvalue weighted by molar-refractivity contribution is 0.0872. The first-order chi connectivity index (χ1) is 16.5. The second kappa shape index (κ2) is 10.6. The predicted octanol–water partition coefficient (Wildman–Crippen LogP) is 3.60. The lowest BCUT2D eigenvalue weighted by Crippen LogP contribution is -2.39. The van der Waals surface area contributed by atoms with Crippen LogP contribution in [0.5, 0.6) is 11.8 Å². The van der Waals surface area contributed by atoms with Crippen LogP contribution in [0.4, 0.5) is 10.5 Å². The van der Waals surface area contributed by atoms with Crippen LogP contribution in [0.15, 0.2) is 36.7 Å². The van der Waals surface area contributed by atoms with Crippen LogP contribution in [0.1, 0.15) is 18.2 Å². The minimum atomic E-state index is -0.249. The van der Waals surface area contributed by atoms with Crippen molar-refractivity contribution in [3.05, 3.63) is 53.1 Å². The quantitative estimate of drug-likeness (QED) is 0.506. The molecule has 0 radical (unpaired) electrons. The van der Waals surface area contributed by atoms with Gasteiger partial charge in [-0.3, -0.25) is 0 Å². The summed E-state index contributed by atoms with van der Waals surface area (Å²) in [5.41, 5.74) is 2.91. The maximum Gasteiger partial charge on any atom is 0.322 e. The van der Waals surface area contributed by atoms with Gasteiger partial charge in [0.1, 0.15) is 11.3 Å². The zero-order valence-corrected chi connectivity index (χ0v) is 19.9. The maximum absolute atomic E-state index is 13.0. The van der Waals surface area contributed by atoms with E-state index in [0.29, 0.717) is 54.5 Å². The number of halogens is 1. The average Bonchev–Trinajstić information content (AvgIpc) is 2.84. The number of nitrogens with one attached hydrogen (secondary N) is 1. The molecule has 1 aliphatic heterocycles. The number of fused-ring (bicyclic) bond motifs is 1. The van der Waals surface area contributed by atoms with Gasteiger partial charge in [-0.05, 0) is 25.1 Å². The fourth-order valence-corrected chi connectivity index (χ4v) is 3.66. The molecule has 10 nitrogen and oxygen atoms in total. The van der Waals surface area contributed by atoms with Gasteiger partial charge in [0.25, 0.3) is 0 Å². The summed E-state index contributed by atoms with van der Waals surface area (Å²) in [7, 11) is 3.14. The van der Waals surface area contributed by atoms with Gasteiger partial charge < -0.3 is 24.4 Å². The smallest absolute Gasteiger partial charge is 0.322 e. The van der Waals surface area contributed by atoms with Crippen LogP contribution < -0.4 is 14.8 Å². The number of amides is 2. The predicted molar refractivity (Wildman–Crippen MR) is 126 cm³/mol. The van der Waals surface area contributed by atoms with Crippen molar-refractivity contribution >= 4 is 23.3 Å². The number of methoxy groups -OCH3 is 2. The van der Waals surface area contributed by atoms with Gasteiger partial charge in [-0.2, -0.15) is 4.98 Å². The van der Waals surface area contributed by atoms with Crippen molar-refractivity contribution in [2.75, 3.05) is 32.7 Å². The number of carbonyl (C=O) groups is 1. The van der Waals surface area contributed by atoms with Crippen LogP contribution in [0.3, 0.4) is 0 Å². The Morgan fingerprint density at radius 2 is 2.09 bits per heavy atom. The van der Waals surface area contributed by atoms with Gasteiger partial charge in [-0.1, -0.05) is 11.6 Å². The van der Waals surface area contributed by atoms with Crippen molar-refractivity contribution in [2.24, 2.45) is 0 Å². The number of ether oxygens (including phenoxy) is 3. The Morgan fingerprint density at radius 1 is 1.24 bits per heavy atom. The molecule has 1 aliphatic rings. The average molecular weight is 485 g/mol. The summed E-state index contributed by atoms with van der Waals surface area (Å²) in [5.74, 6) is 1.33. The summed E-state index contributed by atoms with van der Waals surface area (Å²) in [4.78, 5) is 32.2. The number of nitrogens with zero attached hydrogens (tertiary/aromatic N) is 5. The van der Waals surface area contributed by atoms with Gasteiger partial charge >= 0.3 is 6.03 Å². The molecule has 2 amide bonds. The van der Waals surface area contributed by atoms with Crippen molar-refractivity contribution in [2.45, 2.75) is 26.0 Å². The van der Waals surface area contributed by atoms with Gasteiger partial charge in [0.05, 0.1) is 31.5 Å². The van der Waals surface area contributed by atoms with Gasteiger partial charge in [0.2, 0.25) is 11.8 Å². The van der Waals surface area contributed by atoms with E-state index in [1.165, 1.54) is 7.11 Å². The van der Waals surface area contributed by atoms with E-state index in [9.17, 15) is 4.79 Å². The minimum absolute atomic E-state index is 0.242. The minimum Gasteiger partial charge on any atom is -0.481 e. The third-order valence-corrected chi connectivity index (χ3v) is 5.43. The fraction of sp³-hybridized carbons (Fsp3) is 0.348. The molecular weight excluding hydrogens is 460 g/mol. The molecule has 0 saturated heterocycles. The Kier molecular flexibility index (Phi) is 7.39. The largest absolute Gasteiger partial charge is 0.481 e. The molecule has 11 heteroatoms. The van der Waals surface area contributed by atoms with Crippen molar-refractivity contribution in [1.82, 2.24) is 24.8 Å². The van der Waals surface area contributed by atoms with E-state index >= 15 is 0 Å². The monoisotopic (exact) mass is 484 g/mol. The highest BCUT2D eigenvalue weighted by molar-refractivity contribution is 6.29. The molecule has 178 valence electrons. The van der Waals surface area contributed by atoms with Crippen LogP contribution in [-0.4, -0.2) is 64.3 Å². The molecule has 3 aromatic rings. The van der Waals surface area contributed by atoms with Crippen molar-refractivity contribution in [3.8, 4) is 23.1 Å². The van der Waals surface area contributed by atoms with E-state index in [4.69, 9.17) is 30.8 Å². The number of anilines is 1. The van der Waals surface area contributed by atoms with E-state index in [1.54, 1.807) is 42.6 Å². The third-order valence-electron chi connectivity index (χ3n) is 5.20. The molecule has 1 unspecified atom stereocenters. The number of urea groups is 1. The Hall–Kier alpha value is -3.50. The lowest BCUT2D eigenvalue weighted by Gasteiger charge is -2.30. The summed E-state index contributed by atoms with van der Waals surface area (Å²) in [5, 5.41) is 3.27. The maximum atomic E-state index is 13.0. The Balaban J connectivity index is 1.60. The first-order valence-electron chi connectivity index (χ1n) is 10.7. The molecule has 0 aromatic carbocycles. The van der Waals surface area contributed by atoms with Gasteiger partial charge in [-0.15, -0.1) is 0 Å². The van der Waals surface area contributed by atoms with E-state index in [1.807, 2.05) is 13.0 Å². The van der Waals surface area contributed by atoms with Crippen molar-refractivity contribution < 1.29 is 19.0 Å². The summed E-state index contributed by atoms with van der Waals surface area (Å²) in [6, 6.07) is 6.61.